The van der Waals surface area contributed by atoms with Crippen LogP contribution in [0.4, 0.5) is 17.6 Å². The number of nitrogens with one attached hydrogen (secondary N) is 1. The molecule has 0 bridgehead atoms. The first-order valence-corrected chi connectivity index (χ1v) is 44.9. The summed E-state index contributed by atoms with van der Waals surface area (Å²) in [5, 5.41) is 5.04. The maximum atomic E-state index is 14.8. The average Bonchev–Trinajstić information content (AvgIpc) is 0.776. The van der Waals surface area contributed by atoms with Crippen LogP contribution in [0.5, 0.6) is 17.2 Å². The van der Waals surface area contributed by atoms with Crippen molar-refractivity contribution in [2.45, 2.75) is 186 Å². The Kier molecular flexibility index (Phi) is 57.0. The summed E-state index contributed by atoms with van der Waals surface area (Å²) >= 11 is 13.0. The van der Waals surface area contributed by atoms with Crippen LogP contribution in [-0.4, -0.2) is 131 Å². The normalized spacial score (nSPS) is 13.1. The lowest BCUT2D eigenvalue weighted by Crippen LogP contribution is -2.52. The van der Waals surface area contributed by atoms with Gasteiger partial charge in [0.1, 0.15) is 51.5 Å². The van der Waals surface area contributed by atoms with Gasteiger partial charge in [-0.15, -0.1) is 0 Å². The van der Waals surface area contributed by atoms with Crippen molar-refractivity contribution in [2.24, 2.45) is 21.0 Å². The molecule has 0 spiro atoms. The van der Waals surface area contributed by atoms with Gasteiger partial charge in [0, 0.05) is 74.1 Å². The van der Waals surface area contributed by atoms with Crippen molar-refractivity contribution in [3.8, 4) is 17.2 Å². The summed E-state index contributed by atoms with van der Waals surface area (Å²) in [7, 11) is -6.63. The molecule has 0 amide bonds. The van der Waals surface area contributed by atoms with Crippen LogP contribution >= 0.6 is 63.7 Å². The first-order valence-electron chi connectivity index (χ1n) is 33.0. The van der Waals surface area contributed by atoms with Gasteiger partial charge in [-0.1, -0.05) is 152 Å². The smallest absolute Gasteiger partial charge is 0.216 e. The van der Waals surface area contributed by atoms with Gasteiger partial charge in [0.15, 0.2) is 15.6 Å². The van der Waals surface area contributed by atoms with Crippen molar-refractivity contribution in [3.63, 3.8) is 0 Å². The van der Waals surface area contributed by atoms with Crippen LogP contribution in [0.25, 0.3) is 0 Å². The quantitative estimate of drug-likeness (QED) is 0.0278. The van der Waals surface area contributed by atoms with Gasteiger partial charge < -0.3 is 25.7 Å². The molecule has 0 aromatic heterocycles. The van der Waals surface area contributed by atoms with Crippen molar-refractivity contribution in [2.75, 3.05) is 58.9 Å². The Bertz CT molecular complexity index is 4540. The zero-order valence-corrected chi connectivity index (χ0v) is 76.2. The molecule has 0 aliphatic heterocycles. The third kappa shape index (κ3) is 44.7. The molecule has 34 heteroatoms. The summed E-state index contributed by atoms with van der Waals surface area (Å²) in [4.78, 5) is 10.8. The maximum absolute atomic E-state index is 14.8. The third-order valence-electron chi connectivity index (χ3n) is 14.9. The number of nitrogens with zero attached hydrogens (tertiary/aromatic N) is 3. The molecule has 5 atom stereocenters. The monoisotopic (exact) mass is 1990 g/mol. The molecule has 7 aromatic carbocycles. The molecule has 7 rings (SSSR count). The molecule has 7 N–H and O–H groups in total. The van der Waals surface area contributed by atoms with Crippen LogP contribution in [0.3, 0.4) is 0 Å². The number of Topliss-reactive ketones (excluding diaryl/α,β-unsaturated/α-hetero) is 1. The second-order valence-electron chi connectivity index (χ2n) is 27.7. The minimum Gasteiger partial charge on any atom is -0.497 e. The SMILES string of the molecule is C.C.C.C.C.C.CC(=N[S@](=O)C(C)(C)C)c1cc(Br)ccc1F.CC(=O)c1cc(Br)ccc1F.CC(C)(C)[S@](N)=O.CCS(=O)(=O)C[C@](C)(N)c1cc(Br)ccc1F.COc1ccc(CN(C)S(=O)(=O)C[C@](C)(NS(=O)C(C)(C)C)c2cc(Br)ccc2F)cc1.COc1ccc(CN(C)S(C)(=O)=O)cc1.COc1ccc(CN)cc1. The number of sulfone groups is 1. The number of halogens is 8. The number of sulfonamides is 2. The molecule has 0 heterocycles. The van der Waals surface area contributed by atoms with E-state index in [1.54, 1.807) is 118 Å². The molecular weight excluding hydrogens is 1870 g/mol. The fourth-order valence-electron chi connectivity index (χ4n) is 8.29. The van der Waals surface area contributed by atoms with Crippen LogP contribution in [0.15, 0.2) is 168 Å². The van der Waals surface area contributed by atoms with Gasteiger partial charge in [0.25, 0.3) is 0 Å². The van der Waals surface area contributed by atoms with E-state index < -0.39 is 107 Å². The predicted molar refractivity (Wildman–Crippen MR) is 492 cm³/mol. The first-order chi connectivity index (χ1) is 49.9. The number of benzene rings is 7. The van der Waals surface area contributed by atoms with Gasteiger partial charge in [-0.3, -0.25) is 9.93 Å². The number of nitrogens with two attached hydrogens (primary N) is 3. The third-order valence-corrected chi connectivity index (χ3v) is 26.5. The van der Waals surface area contributed by atoms with Gasteiger partial charge in [0.05, 0.1) is 97.7 Å². The molecule has 115 heavy (non-hydrogen) atoms. The Balaban J connectivity index is -0.000000314. The van der Waals surface area contributed by atoms with Gasteiger partial charge in [-0.25, -0.2) is 68.8 Å². The highest BCUT2D eigenvalue weighted by Gasteiger charge is 2.40. The zero-order chi connectivity index (χ0) is 84.2. The lowest BCUT2D eigenvalue weighted by Gasteiger charge is -2.35. The zero-order valence-electron chi connectivity index (χ0n) is 65.0. The van der Waals surface area contributed by atoms with Crippen molar-refractivity contribution < 1.29 is 74.4 Å². The molecule has 1 unspecified atom stereocenters. The molecule has 656 valence electrons. The van der Waals surface area contributed by atoms with Gasteiger partial charge in [-0.05, 0) is 216 Å². The molecule has 0 aliphatic carbocycles. The summed E-state index contributed by atoms with van der Waals surface area (Å²) in [6, 6.07) is 39.6. The van der Waals surface area contributed by atoms with Crippen LogP contribution < -0.4 is 35.5 Å². The highest BCUT2D eigenvalue weighted by atomic mass is 79.9. The second-order valence-corrected chi connectivity index (χ2v) is 43.6. The van der Waals surface area contributed by atoms with Crippen molar-refractivity contribution in [3.05, 3.63) is 226 Å². The highest BCUT2D eigenvalue weighted by Crippen LogP contribution is 2.32. The van der Waals surface area contributed by atoms with E-state index >= 15 is 0 Å². The van der Waals surface area contributed by atoms with Gasteiger partial charge in [-0.2, -0.15) is 4.40 Å². The van der Waals surface area contributed by atoms with Crippen LogP contribution in [0, 0.1) is 23.3 Å². The molecular formula is C81H127Br4F4N7O13S6. The van der Waals surface area contributed by atoms with Crippen molar-refractivity contribution in [1.82, 2.24) is 13.3 Å². The van der Waals surface area contributed by atoms with Gasteiger partial charge in [0.2, 0.25) is 20.0 Å². The number of ether oxygens (including phenoxy) is 3. The van der Waals surface area contributed by atoms with Crippen molar-refractivity contribution >= 4 is 138 Å². The summed E-state index contributed by atoms with van der Waals surface area (Å²) in [5.74, 6) is -0.624. The van der Waals surface area contributed by atoms with Crippen molar-refractivity contribution in [1.29, 1.82) is 0 Å². The van der Waals surface area contributed by atoms with Crippen LogP contribution in [-0.2, 0) is 93.6 Å². The lowest BCUT2D eigenvalue weighted by atomic mass is 9.95. The van der Waals surface area contributed by atoms with Gasteiger partial charge >= 0.3 is 0 Å². The molecule has 0 saturated heterocycles. The molecule has 0 aliphatic rings. The minimum absolute atomic E-state index is 0. The minimum atomic E-state index is -3.88. The van der Waals surface area contributed by atoms with Crippen LogP contribution in [0.2, 0.25) is 0 Å². The Labute approximate surface area is 728 Å². The molecule has 0 saturated carbocycles. The molecule has 20 nitrogen and oxygen atoms in total. The standard InChI is InChI=1S/C22H30BrFN2O4S2.C12H15BrFNOS.C11H15BrFNO2S.C10H15NO3S.C8H6BrFO.C8H11NO.C4H11NOS.6CH4/c1-21(2,3)31(27)25-22(4,19-13-17(23)9-12-20(19)24)15-32(28,29)26(5)14-16-7-10-18(30-6)11-8-16;1-8(15-17(16)12(2,3)4)10-7-9(13)5-6-11(10)14;1-3-17(15,16)7-11(2,14)9-6-8(12)4-5-10(9)13;1-11(15(3,12)13)8-9-4-6-10(14-2)7-5-9;1-5(11)7-4-6(9)2-3-8(7)10;1-10-8-4-2-7(6-9)3-5-8;1-4(2,3)7(5)6;;;;;;/h7-13,25H,14-15H2,1-6H3;5-7H,1-4H3;4-6H,3,7,14H2,1-2H3;4-7H,8H2,1-3H3;2-4H,1H3;2-5H,6,9H2,1H3;5H2,1-3H3;6*1H4/t22-,31?;17-;11-;;;;7-;;;;;;/m010...1....../s1. The average molecular weight is 1990 g/mol. The fourth-order valence-corrected chi connectivity index (χ4v) is 14.5. The number of ketones is 1. The molecule has 0 radical (unpaired) electrons. The number of methoxy groups -OCH3 is 3. The summed E-state index contributed by atoms with van der Waals surface area (Å²) in [6.07, 6.45) is 1.19. The maximum Gasteiger partial charge on any atom is 0.216 e. The van der Waals surface area contributed by atoms with E-state index in [1.807, 2.05) is 90.1 Å². The summed E-state index contributed by atoms with van der Waals surface area (Å²) < 4.78 is 188. The first kappa shape index (κ1) is 121. The number of hydrogen-bond donors (Lipinski definition) is 4. The van der Waals surface area contributed by atoms with Crippen LogP contribution in [0.1, 0.15) is 185 Å². The summed E-state index contributed by atoms with van der Waals surface area (Å²) in [6.45, 7) is 25.0. The summed E-state index contributed by atoms with van der Waals surface area (Å²) in [5.41, 5.74) is 12.7. The highest BCUT2D eigenvalue weighted by molar-refractivity contribution is 9.11. The topological polar surface area (TPSA) is 307 Å². The molecule has 7 aromatic rings. The van der Waals surface area contributed by atoms with E-state index in [0.717, 1.165) is 32.7 Å². The Morgan fingerprint density at radius 3 is 1.16 bits per heavy atom. The predicted octanol–water partition coefficient (Wildman–Crippen LogP) is 19.6. The second kappa shape index (κ2) is 54.3. The van der Waals surface area contributed by atoms with E-state index in [9.17, 15) is 60.2 Å². The Hall–Kier alpha value is -5.02. The number of carbonyl (C=O) groups is 1. The fraction of sp³-hybridized carbons (Fsp3) is 0.457. The largest absolute Gasteiger partial charge is 0.497 e. The molecule has 0 fully saturated rings. The van der Waals surface area contributed by atoms with E-state index in [2.05, 4.69) is 72.8 Å². The van der Waals surface area contributed by atoms with E-state index in [0.29, 0.717) is 43.5 Å². The van der Waals surface area contributed by atoms with E-state index in [-0.39, 0.29) is 95.6 Å². The number of carbonyl (C=O) groups excluding carboxylic acids is 1. The van der Waals surface area contributed by atoms with E-state index in [4.69, 9.17) is 30.8 Å². The Morgan fingerprint density at radius 1 is 0.504 bits per heavy atom. The number of rotatable bonds is 22. The number of hydrogen-bond acceptors (Lipinski definition) is 15. The lowest BCUT2D eigenvalue weighted by molar-refractivity contribution is 0.101. The van der Waals surface area contributed by atoms with E-state index in [1.165, 1.54) is 84.3 Å². The Morgan fingerprint density at radius 2 is 0.835 bits per heavy atom.